The molecular formula is C20H20FN3O4S. The van der Waals surface area contributed by atoms with Gasteiger partial charge in [0.25, 0.3) is 5.89 Å². The number of benzene rings is 2. The van der Waals surface area contributed by atoms with Crippen LogP contribution in [-0.2, 0) is 16.6 Å². The van der Waals surface area contributed by atoms with Crippen LogP contribution in [0.25, 0.3) is 11.4 Å². The summed E-state index contributed by atoms with van der Waals surface area (Å²) in [6.45, 7) is 1.17. The molecule has 9 heteroatoms. The van der Waals surface area contributed by atoms with E-state index in [4.69, 9.17) is 9.26 Å². The second kappa shape index (κ2) is 8.30. The van der Waals surface area contributed by atoms with E-state index in [1.807, 2.05) is 0 Å². The van der Waals surface area contributed by atoms with E-state index in [-0.39, 0.29) is 23.2 Å². The van der Waals surface area contributed by atoms with Gasteiger partial charge in [-0.25, -0.2) is 12.8 Å². The van der Waals surface area contributed by atoms with Crippen LogP contribution in [0.5, 0.6) is 5.75 Å². The average Bonchev–Trinajstić information content (AvgIpc) is 3.23. The number of aromatic nitrogens is 2. The van der Waals surface area contributed by atoms with E-state index in [1.165, 1.54) is 28.6 Å². The topological polar surface area (TPSA) is 85.5 Å². The van der Waals surface area contributed by atoms with Crippen LogP contribution in [0, 0.1) is 5.82 Å². The summed E-state index contributed by atoms with van der Waals surface area (Å²) in [4.78, 5) is 4.51. The maximum atomic E-state index is 12.9. The first kappa shape index (κ1) is 19.5. The Kier molecular flexibility index (Phi) is 5.59. The minimum Gasteiger partial charge on any atom is -0.484 e. The van der Waals surface area contributed by atoms with E-state index in [1.54, 1.807) is 24.3 Å². The highest BCUT2D eigenvalue weighted by Gasteiger charge is 2.25. The SMILES string of the molecule is O=S(=O)(c1ccc(-c2noc(COc3ccc(F)cc3)n2)cc1)N1CCCCC1. The molecule has 152 valence electrons. The molecule has 2 aromatic carbocycles. The molecule has 0 N–H and O–H groups in total. The molecule has 7 nitrogen and oxygen atoms in total. The lowest BCUT2D eigenvalue weighted by molar-refractivity contribution is 0.242. The van der Waals surface area contributed by atoms with Gasteiger partial charge in [0, 0.05) is 18.7 Å². The van der Waals surface area contributed by atoms with Gasteiger partial charge in [-0.05, 0) is 61.4 Å². The molecule has 1 fully saturated rings. The molecule has 1 saturated heterocycles. The predicted octanol–water partition coefficient (Wildman–Crippen LogP) is 3.63. The Morgan fingerprint density at radius 3 is 2.38 bits per heavy atom. The maximum absolute atomic E-state index is 12.9. The highest BCUT2D eigenvalue weighted by Crippen LogP contribution is 2.24. The summed E-state index contributed by atoms with van der Waals surface area (Å²) in [6.07, 6.45) is 2.85. The molecule has 0 spiro atoms. The number of piperidine rings is 1. The Bertz CT molecular complexity index is 1060. The van der Waals surface area contributed by atoms with Gasteiger partial charge in [-0.15, -0.1) is 0 Å². The summed E-state index contributed by atoms with van der Waals surface area (Å²) >= 11 is 0. The summed E-state index contributed by atoms with van der Waals surface area (Å²) in [6, 6.07) is 12.1. The summed E-state index contributed by atoms with van der Waals surface area (Å²) in [7, 11) is -3.48. The van der Waals surface area contributed by atoms with Crippen LogP contribution in [0.1, 0.15) is 25.2 Å². The molecule has 1 aliphatic heterocycles. The largest absolute Gasteiger partial charge is 0.484 e. The Morgan fingerprint density at radius 1 is 1.00 bits per heavy atom. The van der Waals surface area contributed by atoms with Gasteiger partial charge in [0.05, 0.1) is 4.90 Å². The van der Waals surface area contributed by atoms with E-state index in [0.717, 1.165) is 19.3 Å². The summed E-state index contributed by atoms with van der Waals surface area (Å²) < 4.78 is 50.5. The van der Waals surface area contributed by atoms with Gasteiger partial charge in [-0.2, -0.15) is 9.29 Å². The van der Waals surface area contributed by atoms with Crippen molar-refractivity contribution in [2.75, 3.05) is 13.1 Å². The quantitative estimate of drug-likeness (QED) is 0.609. The molecule has 0 amide bonds. The fraction of sp³-hybridized carbons (Fsp3) is 0.300. The second-order valence-corrected chi connectivity index (χ2v) is 8.68. The van der Waals surface area contributed by atoms with Crippen LogP contribution in [-0.4, -0.2) is 36.0 Å². The smallest absolute Gasteiger partial charge is 0.264 e. The van der Waals surface area contributed by atoms with Crippen LogP contribution in [0.3, 0.4) is 0 Å². The van der Waals surface area contributed by atoms with Crippen molar-refractivity contribution in [3.8, 4) is 17.1 Å². The van der Waals surface area contributed by atoms with Crippen molar-refractivity contribution in [1.82, 2.24) is 14.4 Å². The first-order valence-electron chi connectivity index (χ1n) is 9.34. The highest BCUT2D eigenvalue weighted by atomic mass is 32.2. The summed E-state index contributed by atoms with van der Waals surface area (Å²) in [5.74, 6) is 0.737. The molecule has 2 heterocycles. The normalized spacial score (nSPS) is 15.3. The van der Waals surface area contributed by atoms with Crippen molar-refractivity contribution in [2.24, 2.45) is 0 Å². The van der Waals surface area contributed by atoms with Crippen molar-refractivity contribution >= 4 is 10.0 Å². The average molecular weight is 417 g/mol. The number of rotatable bonds is 6. The van der Waals surface area contributed by atoms with E-state index >= 15 is 0 Å². The van der Waals surface area contributed by atoms with E-state index in [2.05, 4.69) is 10.1 Å². The van der Waals surface area contributed by atoms with Crippen molar-refractivity contribution in [3.05, 3.63) is 60.2 Å². The van der Waals surface area contributed by atoms with Gasteiger partial charge < -0.3 is 9.26 Å². The highest BCUT2D eigenvalue weighted by molar-refractivity contribution is 7.89. The molecule has 0 radical (unpaired) electrons. The zero-order chi connectivity index (χ0) is 20.3. The predicted molar refractivity (Wildman–Crippen MR) is 103 cm³/mol. The Labute approximate surface area is 168 Å². The minimum absolute atomic E-state index is 0.0417. The second-order valence-electron chi connectivity index (χ2n) is 6.74. The lowest BCUT2D eigenvalue weighted by Gasteiger charge is -2.25. The summed E-state index contributed by atoms with van der Waals surface area (Å²) in [5.41, 5.74) is 0.638. The third-order valence-electron chi connectivity index (χ3n) is 4.71. The van der Waals surface area contributed by atoms with E-state index < -0.39 is 10.0 Å². The maximum Gasteiger partial charge on any atom is 0.264 e. The number of ether oxygens (including phenoxy) is 1. The summed E-state index contributed by atoms with van der Waals surface area (Å²) in [5, 5.41) is 3.91. The first-order chi connectivity index (χ1) is 14.0. The Balaban J connectivity index is 1.43. The third-order valence-corrected chi connectivity index (χ3v) is 6.62. The number of sulfonamides is 1. The standard InChI is InChI=1S/C20H20FN3O4S/c21-16-6-8-17(9-7-16)27-14-19-22-20(23-28-19)15-4-10-18(11-5-15)29(25,26)24-12-2-1-3-13-24/h4-11H,1-3,12-14H2. The number of halogens is 1. The van der Waals surface area contributed by atoms with Crippen molar-refractivity contribution in [1.29, 1.82) is 0 Å². The third kappa shape index (κ3) is 4.46. The molecule has 0 bridgehead atoms. The number of nitrogens with zero attached hydrogens (tertiary/aromatic N) is 3. The molecule has 0 saturated carbocycles. The molecule has 1 aromatic heterocycles. The molecule has 0 unspecified atom stereocenters. The first-order valence-corrected chi connectivity index (χ1v) is 10.8. The van der Waals surface area contributed by atoms with Crippen molar-refractivity contribution in [2.45, 2.75) is 30.8 Å². The minimum atomic E-state index is -3.48. The van der Waals surface area contributed by atoms with Crippen LogP contribution < -0.4 is 4.74 Å². The van der Waals surface area contributed by atoms with Gasteiger partial charge in [0.2, 0.25) is 15.8 Å². The van der Waals surface area contributed by atoms with Crippen LogP contribution >= 0.6 is 0 Å². The molecular weight excluding hydrogens is 397 g/mol. The Hall–Kier alpha value is -2.78. The number of hydrogen-bond donors (Lipinski definition) is 0. The van der Waals surface area contributed by atoms with Gasteiger partial charge in [-0.3, -0.25) is 0 Å². The van der Waals surface area contributed by atoms with Crippen LogP contribution in [0.2, 0.25) is 0 Å². The molecule has 0 aliphatic carbocycles. The zero-order valence-corrected chi connectivity index (χ0v) is 16.4. The van der Waals surface area contributed by atoms with Crippen LogP contribution in [0.15, 0.2) is 57.9 Å². The molecule has 4 rings (SSSR count). The van der Waals surface area contributed by atoms with Gasteiger partial charge >= 0.3 is 0 Å². The van der Waals surface area contributed by atoms with E-state index in [9.17, 15) is 12.8 Å². The molecule has 3 aromatic rings. The van der Waals surface area contributed by atoms with Crippen molar-refractivity contribution in [3.63, 3.8) is 0 Å². The van der Waals surface area contributed by atoms with Crippen LogP contribution in [0.4, 0.5) is 4.39 Å². The van der Waals surface area contributed by atoms with Gasteiger partial charge in [0.1, 0.15) is 11.6 Å². The van der Waals surface area contributed by atoms with Gasteiger partial charge in [0.15, 0.2) is 6.61 Å². The molecule has 1 aliphatic rings. The van der Waals surface area contributed by atoms with Crippen molar-refractivity contribution < 1.29 is 22.1 Å². The lowest BCUT2D eigenvalue weighted by Crippen LogP contribution is -2.35. The Morgan fingerprint density at radius 2 is 1.69 bits per heavy atom. The monoisotopic (exact) mass is 417 g/mol. The fourth-order valence-electron chi connectivity index (χ4n) is 3.14. The van der Waals surface area contributed by atoms with E-state index in [0.29, 0.717) is 30.2 Å². The lowest BCUT2D eigenvalue weighted by atomic mass is 10.2. The molecule has 0 atom stereocenters. The van der Waals surface area contributed by atoms with Gasteiger partial charge in [-0.1, -0.05) is 11.6 Å². The zero-order valence-electron chi connectivity index (χ0n) is 15.6. The number of hydrogen-bond acceptors (Lipinski definition) is 6. The molecule has 29 heavy (non-hydrogen) atoms. The fourth-order valence-corrected chi connectivity index (χ4v) is 4.65.